The van der Waals surface area contributed by atoms with E-state index >= 15 is 0 Å². The van der Waals surface area contributed by atoms with Crippen molar-refractivity contribution in [1.82, 2.24) is 4.90 Å². The highest BCUT2D eigenvalue weighted by Gasteiger charge is 2.28. The average molecular weight is 312 g/mol. The van der Waals surface area contributed by atoms with Crippen molar-refractivity contribution in [3.05, 3.63) is 29.8 Å². The van der Waals surface area contributed by atoms with Crippen molar-refractivity contribution in [1.29, 1.82) is 0 Å². The number of nitrogens with two attached hydrogens (primary N) is 1. The number of hydrogen-bond acceptors (Lipinski definition) is 3. The third-order valence-electron chi connectivity index (χ3n) is 4.15. The quantitative estimate of drug-likeness (QED) is 0.898. The Bertz CT molecular complexity index is 449. The van der Waals surface area contributed by atoms with Gasteiger partial charge in [-0.15, -0.1) is 12.4 Å². The van der Waals surface area contributed by atoms with E-state index in [0.29, 0.717) is 25.0 Å². The highest BCUT2D eigenvalue weighted by molar-refractivity contribution is 5.92. The number of carbonyl (C=O) groups is 1. The molecule has 0 bridgehead atoms. The summed E-state index contributed by atoms with van der Waals surface area (Å²) in [5.41, 5.74) is 7.90. The third-order valence-corrected chi connectivity index (χ3v) is 4.15. The molecule has 0 aromatic heterocycles. The Morgan fingerprint density at radius 3 is 2.67 bits per heavy atom. The van der Waals surface area contributed by atoms with Crippen molar-refractivity contribution in [2.24, 2.45) is 11.7 Å². The van der Waals surface area contributed by atoms with Gasteiger partial charge in [0.1, 0.15) is 0 Å². The molecule has 0 radical (unpaired) electrons. The molecule has 1 amide bonds. The van der Waals surface area contributed by atoms with Crippen LogP contribution >= 0.6 is 12.4 Å². The van der Waals surface area contributed by atoms with Crippen molar-refractivity contribution < 1.29 is 4.79 Å². The Morgan fingerprint density at radius 1 is 1.38 bits per heavy atom. The minimum absolute atomic E-state index is 0. The van der Waals surface area contributed by atoms with Crippen LogP contribution in [0.3, 0.4) is 0 Å². The van der Waals surface area contributed by atoms with Crippen LogP contribution in [0, 0.1) is 12.8 Å². The number of halogens is 1. The topological polar surface area (TPSA) is 58.4 Å². The average Bonchev–Trinajstić information content (AvgIpc) is 2.42. The Kier molecular flexibility index (Phi) is 7.15. The molecule has 2 unspecified atom stereocenters. The van der Waals surface area contributed by atoms with Crippen LogP contribution < -0.4 is 11.1 Å². The molecule has 2 rings (SSSR count). The minimum atomic E-state index is 0. The summed E-state index contributed by atoms with van der Waals surface area (Å²) in [7, 11) is 0. The fraction of sp³-hybridized carbons (Fsp3) is 0.562. The Morgan fingerprint density at radius 2 is 2.05 bits per heavy atom. The molecule has 2 atom stereocenters. The molecule has 21 heavy (non-hydrogen) atoms. The normalized spacial score (nSPS) is 22.4. The first-order chi connectivity index (χ1) is 9.60. The van der Waals surface area contributed by atoms with E-state index in [1.807, 2.05) is 31.2 Å². The zero-order valence-electron chi connectivity index (χ0n) is 12.8. The third kappa shape index (κ3) is 4.99. The van der Waals surface area contributed by atoms with Gasteiger partial charge in [-0.1, -0.05) is 24.6 Å². The molecular formula is C16H26ClN3O. The fourth-order valence-corrected chi connectivity index (χ4v) is 2.93. The molecule has 0 saturated carbocycles. The Hall–Kier alpha value is -1.10. The Balaban J connectivity index is 0.00000220. The number of amides is 1. The summed E-state index contributed by atoms with van der Waals surface area (Å²) in [5, 5.41) is 2.95. The number of likely N-dealkylation sites (tertiary alicyclic amines) is 1. The first kappa shape index (κ1) is 18.0. The van der Waals surface area contributed by atoms with Crippen LogP contribution in [0.4, 0.5) is 5.69 Å². The van der Waals surface area contributed by atoms with Gasteiger partial charge in [-0.2, -0.15) is 0 Å². The lowest BCUT2D eigenvalue weighted by Gasteiger charge is -2.38. The molecule has 1 aromatic rings. The molecule has 5 heteroatoms. The molecule has 118 valence electrons. The van der Waals surface area contributed by atoms with E-state index in [4.69, 9.17) is 5.73 Å². The molecular weight excluding hydrogens is 286 g/mol. The number of anilines is 1. The second-order valence-electron chi connectivity index (χ2n) is 5.81. The standard InChI is InChI=1S/C16H25N3O.ClH/c1-12-5-7-14(8-6-12)18-16(20)11-19-9-3-4-13(2)15(19)10-17;/h5-8,13,15H,3-4,9-11,17H2,1-2H3,(H,18,20);1H. The van der Waals surface area contributed by atoms with Crippen LogP contribution in [0.25, 0.3) is 0 Å². The van der Waals surface area contributed by atoms with Crippen LogP contribution in [-0.2, 0) is 4.79 Å². The molecule has 1 saturated heterocycles. The van der Waals surface area contributed by atoms with E-state index in [9.17, 15) is 4.79 Å². The molecule has 0 aliphatic carbocycles. The minimum Gasteiger partial charge on any atom is -0.329 e. The highest BCUT2D eigenvalue weighted by atomic mass is 35.5. The van der Waals surface area contributed by atoms with Gasteiger partial charge in [-0.25, -0.2) is 0 Å². The van der Waals surface area contributed by atoms with Crippen LogP contribution in [0.15, 0.2) is 24.3 Å². The Labute approximate surface area is 133 Å². The van der Waals surface area contributed by atoms with E-state index in [2.05, 4.69) is 17.1 Å². The molecule has 1 aliphatic rings. The van der Waals surface area contributed by atoms with E-state index in [0.717, 1.165) is 18.7 Å². The zero-order chi connectivity index (χ0) is 14.5. The van der Waals surface area contributed by atoms with Crippen molar-refractivity contribution in [2.45, 2.75) is 32.7 Å². The number of benzene rings is 1. The number of rotatable bonds is 4. The van der Waals surface area contributed by atoms with E-state index in [-0.39, 0.29) is 18.3 Å². The molecule has 4 nitrogen and oxygen atoms in total. The predicted octanol–water partition coefficient (Wildman–Crippen LogP) is 2.41. The smallest absolute Gasteiger partial charge is 0.238 e. The SMILES string of the molecule is Cc1ccc(NC(=O)CN2CCCC(C)C2CN)cc1.Cl. The van der Waals surface area contributed by atoms with Crippen molar-refractivity contribution >= 4 is 24.0 Å². The number of hydrogen-bond donors (Lipinski definition) is 2. The lowest BCUT2D eigenvalue weighted by molar-refractivity contribution is -0.118. The molecule has 1 aromatic carbocycles. The molecule has 3 N–H and O–H groups in total. The van der Waals surface area contributed by atoms with Crippen LogP contribution in [0.5, 0.6) is 0 Å². The molecule has 0 spiro atoms. The number of nitrogens with zero attached hydrogens (tertiary/aromatic N) is 1. The summed E-state index contributed by atoms with van der Waals surface area (Å²) >= 11 is 0. The van der Waals surface area contributed by atoms with Gasteiger partial charge in [-0.3, -0.25) is 9.69 Å². The number of carbonyl (C=O) groups excluding carboxylic acids is 1. The maximum Gasteiger partial charge on any atom is 0.238 e. The van der Waals surface area contributed by atoms with Gasteiger partial charge in [-0.05, 0) is 44.4 Å². The van der Waals surface area contributed by atoms with E-state index < -0.39 is 0 Å². The van der Waals surface area contributed by atoms with Gasteiger partial charge in [0.15, 0.2) is 0 Å². The summed E-state index contributed by atoms with van der Waals surface area (Å²) in [6.07, 6.45) is 2.35. The fourth-order valence-electron chi connectivity index (χ4n) is 2.93. The predicted molar refractivity (Wildman–Crippen MR) is 89.9 cm³/mol. The first-order valence-corrected chi connectivity index (χ1v) is 7.41. The first-order valence-electron chi connectivity index (χ1n) is 7.41. The maximum absolute atomic E-state index is 12.1. The maximum atomic E-state index is 12.1. The summed E-state index contributed by atoms with van der Waals surface area (Å²) in [4.78, 5) is 14.4. The monoisotopic (exact) mass is 311 g/mol. The van der Waals surface area contributed by atoms with Gasteiger partial charge in [0.25, 0.3) is 0 Å². The van der Waals surface area contributed by atoms with Crippen molar-refractivity contribution in [3.63, 3.8) is 0 Å². The van der Waals surface area contributed by atoms with Gasteiger partial charge >= 0.3 is 0 Å². The van der Waals surface area contributed by atoms with Crippen molar-refractivity contribution in [2.75, 3.05) is 25.0 Å². The van der Waals surface area contributed by atoms with E-state index in [1.165, 1.54) is 12.0 Å². The molecule has 1 aliphatic heterocycles. The summed E-state index contributed by atoms with van der Waals surface area (Å²) in [6.45, 7) is 6.28. The molecule has 1 fully saturated rings. The lowest BCUT2D eigenvalue weighted by Crippen LogP contribution is -2.51. The van der Waals surface area contributed by atoms with Gasteiger partial charge in [0.05, 0.1) is 6.54 Å². The van der Waals surface area contributed by atoms with E-state index in [1.54, 1.807) is 0 Å². The highest BCUT2D eigenvalue weighted by Crippen LogP contribution is 2.22. The van der Waals surface area contributed by atoms with Gasteiger partial charge in [0, 0.05) is 18.3 Å². The number of nitrogens with one attached hydrogen (secondary N) is 1. The van der Waals surface area contributed by atoms with Crippen LogP contribution in [-0.4, -0.2) is 36.5 Å². The summed E-state index contributed by atoms with van der Waals surface area (Å²) < 4.78 is 0. The zero-order valence-corrected chi connectivity index (χ0v) is 13.7. The number of aryl methyl sites for hydroxylation is 1. The summed E-state index contributed by atoms with van der Waals surface area (Å²) in [6, 6.07) is 8.20. The molecule has 1 heterocycles. The number of piperidine rings is 1. The largest absolute Gasteiger partial charge is 0.329 e. The summed E-state index contributed by atoms with van der Waals surface area (Å²) in [5.74, 6) is 0.613. The second-order valence-corrected chi connectivity index (χ2v) is 5.81. The van der Waals surface area contributed by atoms with Gasteiger partial charge < -0.3 is 11.1 Å². The lowest BCUT2D eigenvalue weighted by atomic mass is 9.91. The van der Waals surface area contributed by atoms with Crippen molar-refractivity contribution in [3.8, 4) is 0 Å². The van der Waals surface area contributed by atoms with Gasteiger partial charge in [0.2, 0.25) is 5.91 Å². The second kappa shape index (κ2) is 8.37. The van der Waals surface area contributed by atoms with Crippen LogP contribution in [0.1, 0.15) is 25.3 Å². The van der Waals surface area contributed by atoms with Crippen LogP contribution in [0.2, 0.25) is 0 Å².